The third kappa shape index (κ3) is 11.7. The summed E-state index contributed by atoms with van der Waals surface area (Å²) < 4.78 is 0. The first-order valence-corrected chi connectivity index (χ1v) is 11.3. The zero-order valence-electron chi connectivity index (χ0n) is 17.7. The average molecular weight is 376 g/mol. The fourth-order valence-corrected chi connectivity index (χ4v) is 3.42. The monoisotopic (exact) mass is 375 g/mol. The summed E-state index contributed by atoms with van der Waals surface area (Å²) in [6.07, 6.45) is 18.4. The number of anilines is 1. The Morgan fingerprint density at radius 2 is 1.33 bits per heavy atom. The van der Waals surface area contributed by atoms with E-state index >= 15 is 0 Å². The number of aromatic hydroxyl groups is 1. The van der Waals surface area contributed by atoms with Crippen molar-refractivity contribution in [3.8, 4) is 5.75 Å². The number of carbonyl (C=O) groups excluding carboxylic acids is 1. The first-order valence-electron chi connectivity index (χ1n) is 11.3. The highest BCUT2D eigenvalue weighted by molar-refractivity contribution is 5.92. The Morgan fingerprint density at radius 1 is 0.815 bits per heavy atom. The van der Waals surface area contributed by atoms with Gasteiger partial charge in [-0.15, -0.1) is 0 Å². The molecule has 1 rings (SSSR count). The van der Waals surface area contributed by atoms with Crippen LogP contribution in [0.15, 0.2) is 18.2 Å². The summed E-state index contributed by atoms with van der Waals surface area (Å²) in [4.78, 5) is 12.0. The van der Waals surface area contributed by atoms with Crippen molar-refractivity contribution in [2.24, 2.45) is 0 Å². The molecule has 0 aromatic heterocycles. The van der Waals surface area contributed by atoms with Gasteiger partial charge in [0.15, 0.2) is 0 Å². The first-order chi connectivity index (χ1) is 13.2. The fraction of sp³-hybridized carbons (Fsp3) is 0.708. The third-order valence-corrected chi connectivity index (χ3v) is 5.25. The van der Waals surface area contributed by atoms with Gasteiger partial charge in [0.1, 0.15) is 5.75 Å². The maximum Gasteiger partial charge on any atom is 0.224 e. The molecule has 0 heterocycles. The lowest BCUT2D eigenvalue weighted by molar-refractivity contribution is -0.116. The summed E-state index contributed by atoms with van der Waals surface area (Å²) >= 11 is 0. The van der Waals surface area contributed by atoms with Crippen molar-refractivity contribution in [1.82, 2.24) is 0 Å². The van der Waals surface area contributed by atoms with Crippen LogP contribution in [0.3, 0.4) is 0 Å². The largest absolute Gasteiger partial charge is 0.506 e. The van der Waals surface area contributed by atoms with Crippen molar-refractivity contribution < 1.29 is 9.90 Å². The summed E-state index contributed by atoms with van der Waals surface area (Å²) in [5, 5.41) is 12.8. The minimum atomic E-state index is -0.00220. The third-order valence-electron chi connectivity index (χ3n) is 5.25. The molecule has 0 atom stereocenters. The van der Waals surface area contributed by atoms with Gasteiger partial charge in [-0.3, -0.25) is 4.79 Å². The van der Waals surface area contributed by atoms with Gasteiger partial charge in [0.25, 0.3) is 0 Å². The van der Waals surface area contributed by atoms with E-state index in [1.54, 1.807) is 12.1 Å². The molecule has 2 N–H and O–H groups in total. The van der Waals surface area contributed by atoms with Crippen LogP contribution in [0.1, 0.15) is 109 Å². The van der Waals surface area contributed by atoms with Crippen LogP contribution in [-0.2, 0) is 11.2 Å². The Morgan fingerprint density at radius 3 is 1.81 bits per heavy atom. The van der Waals surface area contributed by atoms with Crippen LogP contribution in [0.25, 0.3) is 0 Å². The van der Waals surface area contributed by atoms with Gasteiger partial charge in [-0.25, -0.2) is 0 Å². The van der Waals surface area contributed by atoms with Gasteiger partial charge in [-0.05, 0) is 30.5 Å². The molecular weight excluding hydrogens is 334 g/mol. The molecule has 0 unspecified atom stereocenters. The molecule has 0 aliphatic rings. The van der Waals surface area contributed by atoms with Crippen molar-refractivity contribution in [3.63, 3.8) is 0 Å². The zero-order valence-corrected chi connectivity index (χ0v) is 17.7. The maximum atomic E-state index is 12.0. The fourth-order valence-electron chi connectivity index (χ4n) is 3.42. The normalized spacial score (nSPS) is 10.9. The van der Waals surface area contributed by atoms with E-state index in [0.29, 0.717) is 12.1 Å². The Kier molecular flexibility index (Phi) is 13.5. The number of rotatable bonds is 16. The number of hydrogen-bond acceptors (Lipinski definition) is 2. The molecule has 0 aliphatic heterocycles. The molecule has 0 aliphatic carbocycles. The molecule has 0 saturated carbocycles. The molecule has 1 aromatic carbocycles. The highest BCUT2D eigenvalue weighted by Crippen LogP contribution is 2.24. The van der Waals surface area contributed by atoms with E-state index in [2.05, 4.69) is 12.2 Å². The van der Waals surface area contributed by atoms with Gasteiger partial charge in [-0.2, -0.15) is 0 Å². The number of amides is 1. The molecule has 1 amide bonds. The average Bonchev–Trinajstić information content (AvgIpc) is 2.67. The van der Waals surface area contributed by atoms with Gasteiger partial charge in [0, 0.05) is 6.42 Å². The van der Waals surface area contributed by atoms with Gasteiger partial charge in [-0.1, -0.05) is 97.0 Å². The molecule has 0 spiro atoms. The number of phenolic OH excluding ortho intramolecular Hbond substituents is 1. The molecule has 154 valence electrons. The molecule has 1 aromatic rings. The van der Waals surface area contributed by atoms with Crippen molar-refractivity contribution in [1.29, 1.82) is 0 Å². The lowest BCUT2D eigenvalue weighted by Gasteiger charge is -2.08. The van der Waals surface area contributed by atoms with E-state index < -0.39 is 0 Å². The highest BCUT2D eigenvalue weighted by Gasteiger charge is 2.06. The Balaban J connectivity index is 1.95. The smallest absolute Gasteiger partial charge is 0.224 e. The van der Waals surface area contributed by atoms with Crippen LogP contribution in [0, 0.1) is 0 Å². The van der Waals surface area contributed by atoms with E-state index in [9.17, 15) is 9.90 Å². The summed E-state index contributed by atoms with van der Waals surface area (Å²) in [7, 11) is 0. The van der Waals surface area contributed by atoms with Crippen LogP contribution < -0.4 is 5.32 Å². The van der Waals surface area contributed by atoms with Crippen LogP contribution in [0.2, 0.25) is 0 Å². The summed E-state index contributed by atoms with van der Waals surface area (Å²) in [5.41, 5.74) is 1.59. The number of nitrogens with one attached hydrogen (secondary N) is 1. The van der Waals surface area contributed by atoms with Crippen molar-refractivity contribution >= 4 is 11.6 Å². The molecule has 3 heteroatoms. The van der Waals surface area contributed by atoms with E-state index in [1.165, 1.54) is 70.6 Å². The lowest BCUT2D eigenvalue weighted by atomic mass is 10.0. The lowest BCUT2D eigenvalue weighted by Crippen LogP contribution is -2.11. The number of aryl methyl sites for hydroxylation is 1. The minimum Gasteiger partial charge on any atom is -0.506 e. The van der Waals surface area contributed by atoms with Gasteiger partial charge >= 0.3 is 0 Å². The molecular formula is C24H41NO2. The summed E-state index contributed by atoms with van der Waals surface area (Å²) in [6, 6.07) is 5.46. The Bertz CT molecular complexity index is 513. The topological polar surface area (TPSA) is 49.3 Å². The van der Waals surface area contributed by atoms with E-state index in [-0.39, 0.29) is 11.7 Å². The van der Waals surface area contributed by atoms with Crippen molar-refractivity contribution in [3.05, 3.63) is 23.8 Å². The standard InChI is InChI=1S/C24H41NO2/c1-3-5-6-7-8-9-10-11-12-13-14-15-16-17-24(27)25-22-19-18-21(4-2)20-23(22)26/h18-20,26H,3-17H2,1-2H3,(H,25,27). The van der Waals surface area contributed by atoms with Crippen molar-refractivity contribution in [2.45, 2.75) is 110 Å². The molecule has 0 radical (unpaired) electrons. The SMILES string of the molecule is CCCCCCCCCCCCCCCC(=O)Nc1ccc(CC)cc1O. The molecule has 0 bridgehead atoms. The zero-order chi connectivity index (χ0) is 19.7. The van der Waals surface area contributed by atoms with Crippen LogP contribution >= 0.6 is 0 Å². The maximum absolute atomic E-state index is 12.0. The Hall–Kier alpha value is -1.51. The summed E-state index contributed by atoms with van der Waals surface area (Å²) in [6.45, 7) is 4.31. The number of unbranched alkanes of at least 4 members (excludes halogenated alkanes) is 12. The second kappa shape index (κ2) is 15.5. The number of benzene rings is 1. The van der Waals surface area contributed by atoms with Gasteiger partial charge in [0.2, 0.25) is 5.91 Å². The number of hydrogen-bond donors (Lipinski definition) is 2. The number of phenols is 1. The predicted molar refractivity (Wildman–Crippen MR) is 116 cm³/mol. The molecule has 3 nitrogen and oxygen atoms in total. The van der Waals surface area contributed by atoms with E-state index in [0.717, 1.165) is 24.8 Å². The second-order valence-corrected chi connectivity index (χ2v) is 7.75. The quantitative estimate of drug-likeness (QED) is 0.234. The molecule has 0 saturated heterocycles. The Labute approximate surface area is 167 Å². The predicted octanol–water partition coefficient (Wildman–Crippen LogP) is 7.37. The highest BCUT2D eigenvalue weighted by atomic mass is 16.3. The molecule has 27 heavy (non-hydrogen) atoms. The van der Waals surface area contributed by atoms with Crippen molar-refractivity contribution in [2.75, 3.05) is 5.32 Å². The molecule has 0 fully saturated rings. The van der Waals surface area contributed by atoms with E-state index in [4.69, 9.17) is 0 Å². The van der Waals surface area contributed by atoms with Crippen LogP contribution in [0.4, 0.5) is 5.69 Å². The first kappa shape index (κ1) is 23.5. The van der Waals surface area contributed by atoms with Gasteiger partial charge < -0.3 is 10.4 Å². The van der Waals surface area contributed by atoms with Crippen LogP contribution in [0.5, 0.6) is 5.75 Å². The van der Waals surface area contributed by atoms with E-state index in [1.807, 2.05) is 13.0 Å². The summed E-state index contributed by atoms with van der Waals surface area (Å²) in [5.74, 6) is 0.158. The van der Waals surface area contributed by atoms with Gasteiger partial charge in [0.05, 0.1) is 5.69 Å². The number of carbonyl (C=O) groups is 1. The second-order valence-electron chi connectivity index (χ2n) is 7.75. The van der Waals surface area contributed by atoms with Crippen LogP contribution in [-0.4, -0.2) is 11.0 Å². The minimum absolute atomic E-state index is 0.00220.